The molecule has 16 heavy (non-hydrogen) atoms. The highest BCUT2D eigenvalue weighted by Gasteiger charge is 2.21. The standard InChI is InChI=1S/C12H14ClNO2/c1-2-9-8(4-3-5-14)6-10-12(11(9)13)16-7-15-10/h3-4,6H,2,5,7,14H2,1H3/b4-3+. The SMILES string of the molecule is CCc1c(/C=C/CN)cc2c(c1Cl)OCO2. The fourth-order valence-electron chi connectivity index (χ4n) is 1.76. The van der Waals surface area contributed by atoms with Gasteiger partial charge in [0, 0.05) is 6.54 Å². The third-order valence-electron chi connectivity index (χ3n) is 2.53. The van der Waals surface area contributed by atoms with Gasteiger partial charge in [-0.3, -0.25) is 0 Å². The molecule has 4 heteroatoms. The van der Waals surface area contributed by atoms with Gasteiger partial charge in [-0.25, -0.2) is 0 Å². The van der Waals surface area contributed by atoms with Crippen molar-refractivity contribution in [3.63, 3.8) is 0 Å². The Morgan fingerprint density at radius 1 is 1.50 bits per heavy atom. The Bertz CT molecular complexity index is 430. The van der Waals surface area contributed by atoms with Gasteiger partial charge in [0.15, 0.2) is 11.5 Å². The van der Waals surface area contributed by atoms with Gasteiger partial charge in [-0.1, -0.05) is 30.7 Å². The molecule has 0 radical (unpaired) electrons. The summed E-state index contributed by atoms with van der Waals surface area (Å²) < 4.78 is 10.7. The Balaban J connectivity index is 2.52. The molecule has 2 rings (SSSR count). The van der Waals surface area contributed by atoms with Crippen molar-refractivity contribution in [3.8, 4) is 11.5 Å². The normalized spacial score (nSPS) is 13.7. The van der Waals surface area contributed by atoms with E-state index in [-0.39, 0.29) is 6.79 Å². The molecule has 1 aliphatic rings. The van der Waals surface area contributed by atoms with Crippen LogP contribution in [0.25, 0.3) is 6.08 Å². The maximum Gasteiger partial charge on any atom is 0.231 e. The lowest BCUT2D eigenvalue weighted by molar-refractivity contribution is 0.174. The lowest BCUT2D eigenvalue weighted by Crippen LogP contribution is -1.94. The van der Waals surface area contributed by atoms with Crippen molar-refractivity contribution in [3.05, 3.63) is 28.3 Å². The minimum absolute atomic E-state index is 0.238. The Kier molecular flexibility index (Phi) is 3.36. The smallest absolute Gasteiger partial charge is 0.231 e. The minimum atomic E-state index is 0.238. The van der Waals surface area contributed by atoms with Crippen LogP contribution in [0.4, 0.5) is 0 Å². The number of rotatable bonds is 3. The molecular weight excluding hydrogens is 226 g/mol. The first-order valence-corrected chi connectivity index (χ1v) is 5.63. The molecule has 0 spiro atoms. The van der Waals surface area contributed by atoms with Gasteiger partial charge in [0.25, 0.3) is 0 Å². The Labute approximate surface area is 99.8 Å². The van der Waals surface area contributed by atoms with Gasteiger partial charge in [0.2, 0.25) is 6.79 Å². The second-order valence-corrected chi connectivity index (χ2v) is 3.86. The van der Waals surface area contributed by atoms with E-state index in [9.17, 15) is 0 Å². The first kappa shape index (κ1) is 11.3. The molecule has 0 amide bonds. The van der Waals surface area contributed by atoms with Crippen molar-refractivity contribution >= 4 is 17.7 Å². The summed E-state index contributed by atoms with van der Waals surface area (Å²) in [5.74, 6) is 1.36. The van der Waals surface area contributed by atoms with E-state index in [4.69, 9.17) is 26.8 Å². The Morgan fingerprint density at radius 2 is 2.31 bits per heavy atom. The number of halogens is 1. The molecule has 0 unspecified atom stereocenters. The van der Waals surface area contributed by atoms with Crippen LogP contribution < -0.4 is 15.2 Å². The van der Waals surface area contributed by atoms with Crippen LogP contribution in [0.2, 0.25) is 5.02 Å². The number of hydrogen-bond acceptors (Lipinski definition) is 3. The summed E-state index contributed by atoms with van der Waals surface area (Å²) in [6, 6.07) is 1.94. The largest absolute Gasteiger partial charge is 0.454 e. The zero-order valence-electron chi connectivity index (χ0n) is 9.13. The van der Waals surface area contributed by atoms with E-state index in [0.29, 0.717) is 23.1 Å². The number of fused-ring (bicyclic) bond motifs is 1. The van der Waals surface area contributed by atoms with Crippen LogP contribution in [0.3, 0.4) is 0 Å². The summed E-state index contributed by atoms with van der Waals surface area (Å²) in [5, 5.41) is 0.647. The van der Waals surface area contributed by atoms with E-state index in [2.05, 4.69) is 6.92 Å². The molecule has 1 aliphatic heterocycles. The Morgan fingerprint density at radius 3 is 3.00 bits per heavy atom. The quantitative estimate of drug-likeness (QED) is 0.882. The number of hydrogen-bond donors (Lipinski definition) is 1. The number of benzene rings is 1. The summed E-state index contributed by atoms with van der Waals surface area (Å²) in [5.41, 5.74) is 7.55. The zero-order valence-corrected chi connectivity index (χ0v) is 9.88. The number of nitrogens with two attached hydrogens (primary N) is 1. The van der Waals surface area contributed by atoms with Gasteiger partial charge in [0.1, 0.15) is 0 Å². The minimum Gasteiger partial charge on any atom is -0.454 e. The topological polar surface area (TPSA) is 44.5 Å². The molecule has 0 fully saturated rings. The molecule has 1 aromatic rings. The fraction of sp³-hybridized carbons (Fsp3) is 0.333. The fourth-order valence-corrected chi connectivity index (χ4v) is 2.15. The third-order valence-corrected chi connectivity index (χ3v) is 2.93. The summed E-state index contributed by atoms with van der Waals surface area (Å²) in [6.45, 7) is 2.81. The molecule has 0 saturated heterocycles. The van der Waals surface area contributed by atoms with E-state index in [1.807, 2.05) is 18.2 Å². The maximum absolute atomic E-state index is 6.27. The molecule has 0 atom stereocenters. The van der Waals surface area contributed by atoms with E-state index in [0.717, 1.165) is 17.5 Å². The molecule has 3 nitrogen and oxygen atoms in total. The van der Waals surface area contributed by atoms with Crippen molar-refractivity contribution in [2.24, 2.45) is 5.73 Å². The highest BCUT2D eigenvalue weighted by Crippen LogP contribution is 2.43. The van der Waals surface area contributed by atoms with Gasteiger partial charge in [0.05, 0.1) is 5.02 Å². The molecule has 0 bridgehead atoms. The van der Waals surface area contributed by atoms with Crippen LogP contribution in [0.1, 0.15) is 18.1 Å². The Hall–Kier alpha value is -1.19. The van der Waals surface area contributed by atoms with Gasteiger partial charge >= 0.3 is 0 Å². The van der Waals surface area contributed by atoms with Crippen LogP contribution in [0, 0.1) is 0 Å². The average molecular weight is 240 g/mol. The monoisotopic (exact) mass is 239 g/mol. The number of ether oxygens (including phenoxy) is 2. The van der Waals surface area contributed by atoms with Crippen LogP contribution in [0.15, 0.2) is 12.1 Å². The second kappa shape index (κ2) is 4.76. The molecule has 86 valence electrons. The second-order valence-electron chi connectivity index (χ2n) is 3.48. The van der Waals surface area contributed by atoms with E-state index in [1.165, 1.54) is 0 Å². The molecule has 1 heterocycles. The van der Waals surface area contributed by atoms with Crippen molar-refractivity contribution < 1.29 is 9.47 Å². The van der Waals surface area contributed by atoms with Crippen molar-refractivity contribution in [2.45, 2.75) is 13.3 Å². The molecule has 0 aliphatic carbocycles. The van der Waals surface area contributed by atoms with Gasteiger partial charge < -0.3 is 15.2 Å². The predicted molar refractivity (Wildman–Crippen MR) is 65.0 cm³/mol. The summed E-state index contributed by atoms with van der Waals surface area (Å²) >= 11 is 6.27. The molecule has 0 saturated carbocycles. The van der Waals surface area contributed by atoms with Crippen molar-refractivity contribution in [1.82, 2.24) is 0 Å². The molecular formula is C12H14ClNO2. The van der Waals surface area contributed by atoms with Gasteiger partial charge in [-0.05, 0) is 23.6 Å². The molecule has 0 aromatic heterocycles. The zero-order chi connectivity index (χ0) is 11.5. The summed E-state index contributed by atoms with van der Waals surface area (Å²) in [4.78, 5) is 0. The predicted octanol–water partition coefficient (Wildman–Crippen LogP) is 2.60. The first-order valence-electron chi connectivity index (χ1n) is 5.25. The van der Waals surface area contributed by atoms with E-state index < -0.39 is 0 Å². The lowest BCUT2D eigenvalue weighted by atomic mass is 10.0. The highest BCUT2D eigenvalue weighted by atomic mass is 35.5. The van der Waals surface area contributed by atoms with Crippen LogP contribution >= 0.6 is 11.6 Å². The first-order chi connectivity index (χ1) is 7.77. The highest BCUT2D eigenvalue weighted by molar-refractivity contribution is 6.33. The van der Waals surface area contributed by atoms with Gasteiger partial charge in [-0.15, -0.1) is 0 Å². The van der Waals surface area contributed by atoms with Crippen LogP contribution in [-0.2, 0) is 6.42 Å². The molecule has 1 aromatic carbocycles. The third kappa shape index (κ3) is 1.88. The average Bonchev–Trinajstić information content (AvgIpc) is 2.75. The van der Waals surface area contributed by atoms with Crippen molar-refractivity contribution in [2.75, 3.05) is 13.3 Å². The van der Waals surface area contributed by atoms with E-state index in [1.54, 1.807) is 0 Å². The lowest BCUT2D eigenvalue weighted by Gasteiger charge is -2.09. The van der Waals surface area contributed by atoms with Gasteiger partial charge in [-0.2, -0.15) is 0 Å². The van der Waals surface area contributed by atoms with Crippen molar-refractivity contribution in [1.29, 1.82) is 0 Å². The summed E-state index contributed by atoms with van der Waals surface area (Å²) in [6.07, 6.45) is 4.71. The van der Waals surface area contributed by atoms with Crippen LogP contribution in [0.5, 0.6) is 11.5 Å². The summed E-state index contributed by atoms with van der Waals surface area (Å²) in [7, 11) is 0. The van der Waals surface area contributed by atoms with E-state index >= 15 is 0 Å². The maximum atomic E-state index is 6.27. The molecule has 2 N–H and O–H groups in total. The van der Waals surface area contributed by atoms with Crippen LogP contribution in [-0.4, -0.2) is 13.3 Å².